The summed E-state index contributed by atoms with van der Waals surface area (Å²) in [4.78, 5) is 10.9. The molecule has 0 bridgehead atoms. The first-order valence-electron chi connectivity index (χ1n) is 8.66. The maximum atomic E-state index is 12.8. The summed E-state index contributed by atoms with van der Waals surface area (Å²) in [6.45, 7) is 6.17. The van der Waals surface area contributed by atoms with Crippen molar-refractivity contribution < 1.29 is 18.1 Å². The quantitative estimate of drug-likeness (QED) is 0.469. The van der Waals surface area contributed by atoms with E-state index in [1.165, 1.54) is 30.3 Å². The topological polar surface area (TPSA) is 98.5 Å². The van der Waals surface area contributed by atoms with Crippen molar-refractivity contribution in [1.82, 2.24) is 0 Å². The van der Waals surface area contributed by atoms with E-state index < -0.39 is 14.9 Å². The Kier molecular flexibility index (Phi) is 7.45. The number of non-ortho nitro benzene ring substituents is 1. The van der Waals surface area contributed by atoms with E-state index in [-0.39, 0.29) is 21.1 Å². The van der Waals surface area contributed by atoms with Gasteiger partial charge >= 0.3 is 0 Å². The van der Waals surface area contributed by atoms with Crippen molar-refractivity contribution in [1.29, 1.82) is 0 Å². The van der Waals surface area contributed by atoms with E-state index in [1.54, 1.807) is 31.0 Å². The average Bonchev–Trinajstić information content (AvgIpc) is 2.61. The fourth-order valence-electron chi connectivity index (χ4n) is 2.63. The van der Waals surface area contributed by atoms with Gasteiger partial charge in [0.15, 0.2) is 0 Å². The molecule has 1 atom stereocenters. The molecule has 2 aromatic rings. The van der Waals surface area contributed by atoms with Crippen LogP contribution in [0.4, 0.5) is 11.4 Å². The smallest absolute Gasteiger partial charge is 0.269 e. The van der Waals surface area contributed by atoms with Crippen molar-refractivity contribution in [3.05, 3.63) is 63.7 Å². The maximum Gasteiger partial charge on any atom is 0.269 e. The van der Waals surface area contributed by atoms with Gasteiger partial charge in [0.25, 0.3) is 15.7 Å². The van der Waals surface area contributed by atoms with Crippen molar-refractivity contribution >= 4 is 33.2 Å². The summed E-state index contributed by atoms with van der Waals surface area (Å²) in [6, 6.07) is 10.6. The van der Waals surface area contributed by atoms with Gasteiger partial charge in [-0.1, -0.05) is 31.5 Å². The first-order chi connectivity index (χ1) is 13.1. The minimum Gasteiger partial charge on any atom is -0.383 e. The van der Waals surface area contributed by atoms with E-state index >= 15 is 0 Å². The number of nitro groups is 1. The third-order valence-corrected chi connectivity index (χ3v) is 6.57. The van der Waals surface area contributed by atoms with Crippen LogP contribution in [0.3, 0.4) is 0 Å². The average molecular weight is 425 g/mol. The molecular formula is C19H24N2O5S2. The Morgan fingerprint density at radius 1 is 1.18 bits per heavy atom. The maximum absolute atomic E-state index is 12.8. The molecule has 0 heterocycles. The third-order valence-electron chi connectivity index (χ3n) is 3.92. The van der Waals surface area contributed by atoms with Crippen LogP contribution in [0.2, 0.25) is 0 Å². The van der Waals surface area contributed by atoms with Gasteiger partial charge < -0.3 is 4.74 Å². The zero-order chi connectivity index (χ0) is 20.9. The van der Waals surface area contributed by atoms with E-state index in [0.717, 1.165) is 5.56 Å². The molecule has 0 radical (unpaired) electrons. The normalized spacial score (nSPS) is 12.8. The van der Waals surface area contributed by atoms with Crippen molar-refractivity contribution in [2.75, 3.05) is 18.4 Å². The second-order valence-corrected chi connectivity index (χ2v) is 10.0. The minimum absolute atomic E-state index is 0.0984. The SMILES string of the molecule is COCC(SC(C)C)c1cc([N+](=O)[O-])ccc1NS(=O)(=O)c1ccc(C)cc1. The van der Waals surface area contributed by atoms with Gasteiger partial charge in [0.2, 0.25) is 0 Å². The molecule has 2 rings (SSSR count). The van der Waals surface area contributed by atoms with Gasteiger partial charge in [-0.05, 0) is 35.9 Å². The lowest BCUT2D eigenvalue weighted by Gasteiger charge is -2.22. The molecule has 0 aliphatic heterocycles. The van der Waals surface area contributed by atoms with Gasteiger partial charge in [-0.2, -0.15) is 0 Å². The second-order valence-electron chi connectivity index (χ2n) is 6.58. The number of rotatable bonds is 9. The predicted octanol–water partition coefficient (Wildman–Crippen LogP) is 4.53. The van der Waals surface area contributed by atoms with Gasteiger partial charge in [0.1, 0.15) is 0 Å². The molecule has 2 aromatic carbocycles. The molecule has 0 aromatic heterocycles. The fraction of sp³-hybridized carbons (Fsp3) is 0.368. The van der Waals surface area contributed by atoms with Crippen LogP contribution in [-0.2, 0) is 14.8 Å². The largest absolute Gasteiger partial charge is 0.383 e. The highest BCUT2D eigenvalue weighted by Gasteiger charge is 2.24. The molecule has 0 aliphatic carbocycles. The molecular weight excluding hydrogens is 400 g/mol. The lowest BCUT2D eigenvalue weighted by atomic mass is 10.1. The van der Waals surface area contributed by atoms with E-state index in [1.807, 2.05) is 20.8 Å². The van der Waals surface area contributed by atoms with Crippen molar-refractivity contribution in [3.8, 4) is 0 Å². The summed E-state index contributed by atoms with van der Waals surface area (Å²) >= 11 is 1.55. The number of aryl methyl sites for hydroxylation is 1. The number of nitro benzene ring substituents is 1. The number of sulfonamides is 1. The molecule has 0 amide bonds. The molecule has 0 fully saturated rings. The van der Waals surface area contributed by atoms with Crippen LogP contribution in [0.1, 0.15) is 30.2 Å². The first kappa shape index (κ1) is 22.2. The summed E-state index contributed by atoms with van der Waals surface area (Å²) in [5, 5.41) is 11.2. The Balaban J connectivity index is 2.49. The van der Waals surface area contributed by atoms with E-state index in [4.69, 9.17) is 4.74 Å². The number of hydrogen-bond donors (Lipinski definition) is 1. The summed E-state index contributed by atoms with van der Waals surface area (Å²) in [5.74, 6) is 0. The Bertz CT molecular complexity index is 928. The second kappa shape index (κ2) is 9.40. The number of nitrogens with one attached hydrogen (secondary N) is 1. The summed E-state index contributed by atoms with van der Waals surface area (Å²) in [5.41, 5.74) is 1.68. The molecule has 9 heteroatoms. The number of methoxy groups -OCH3 is 1. The van der Waals surface area contributed by atoms with E-state index in [2.05, 4.69) is 4.72 Å². The predicted molar refractivity (Wildman–Crippen MR) is 112 cm³/mol. The molecule has 0 saturated heterocycles. The zero-order valence-electron chi connectivity index (χ0n) is 16.2. The molecule has 152 valence electrons. The number of benzene rings is 2. The van der Waals surface area contributed by atoms with Crippen LogP contribution >= 0.6 is 11.8 Å². The fourth-order valence-corrected chi connectivity index (χ4v) is 4.93. The van der Waals surface area contributed by atoms with Crippen LogP contribution in [0.15, 0.2) is 47.4 Å². The molecule has 28 heavy (non-hydrogen) atoms. The van der Waals surface area contributed by atoms with Crippen molar-refractivity contribution in [3.63, 3.8) is 0 Å². The Labute approximate surface area is 169 Å². The number of ether oxygens (including phenoxy) is 1. The lowest BCUT2D eigenvalue weighted by Crippen LogP contribution is -2.16. The number of nitrogens with zero attached hydrogens (tertiary/aromatic N) is 1. The highest BCUT2D eigenvalue weighted by atomic mass is 32.2. The first-order valence-corrected chi connectivity index (χ1v) is 11.1. The van der Waals surface area contributed by atoms with Crippen LogP contribution in [0.5, 0.6) is 0 Å². The van der Waals surface area contributed by atoms with E-state index in [0.29, 0.717) is 17.9 Å². The van der Waals surface area contributed by atoms with Gasteiger partial charge in [0.05, 0.1) is 27.4 Å². The van der Waals surface area contributed by atoms with Crippen LogP contribution in [0, 0.1) is 17.0 Å². The van der Waals surface area contributed by atoms with Crippen molar-refractivity contribution in [2.45, 2.75) is 36.2 Å². The minimum atomic E-state index is -3.83. The number of thioether (sulfide) groups is 1. The molecule has 1 N–H and O–H groups in total. The lowest BCUT2D eigenvalue weighted by molar-refractivity contribution is -0.384. The molecule has 0 saturated carbocycles. The molecule has 0 spiro atoms. The monoisotopic (exact) mass is 424 g/mol. The summed E-state index contributed by atoms with van der Waals surface area (Å²) < 4.78 is 33.5. The van der Waals surface area contributed by atoms with Gasteiger partial charge in [-0.25, -0.2) is 8.42 Å². The van der Waals surface area contributed by atoms with Crippen molar-refractivity contribution in [2.24, 2.45) is 0 Å². The number of hydrogen-bond acceptors (Lipinski definition) is 6. The van der Waals surface area contributed by atoms with Gasteiger partial charge in [0, 0.05) is 19.2 Å². The summed E-state index contributed by atoms with van der Waals surface area (Å²) in [6.07, 6.45) is 0. The van der Waals surface area contributed by atoms with Crippen LogP contribution in [-0.4, -0.2) is 32.3 Å². The zero-order valence-corrected chi connectivity index (χ0v) is 17.8. The Morgan fingerprint density at radius 3 is 2.36 bits per heavy atom. The molecule has 1 unspecified atom stereocenters. The van der Waals surface area contributed by atoms with Gasteiger partial charge in [-0.3, -0.25) is 14.8 Å². The highest BCUT2D eigenvalue weighted by molar-refractivity contribution is 8.00. The standard InChI is InChI=1S/C19H24N2O5S2/c1-13(2)27-19(12-26-4)17-11-15(21(22)23)7-10-18(17)20-28(24,25)16-8-5-14(3)6-9-16/h5-11,13,19-20H,12H2,1-4H3. The van der Waals surface area contributed by atoms with Crippen LogP contribution < -0.4 is 4.72 Å². The Morgan fingerprint density at radius 2 is 1.82 bits per heavy atom. The Hall–Kier alpha value is -2.10. The van der Waals surface area contributed by atoms with Gasteiger partial charge in [-0.15, -0.1) is 11.8 Å². The molecule has 0 aliphatic rings. The van der Waals surface area contributed by atoms with E-state index in [9.17, 15) is 18.5 Å². The molecule has 7 nitrogen and oxygen atoms in total. The number of anilines is 1. The van der Waals surface area contributed by atoms with Crippen LogP contribution in [0.25, 0.3) is 0 Å². The third kappa shape index (κ3) is 5.70. The highest BCUT2D eigenvalue weighted by Crippen LogP contribution is 2.39. The summed E-state index contributed by atoms with van der Waals surface area (Å²) in [7, 11) is -2.29.